The van der Waals surface area contributed by atoms with Gasteiger partial charge in [-0.1, -0.05) is 0 Å². The van der Waals surface area contributed by atoms with E-state index in [1.165, 1.54) is 11.6 Å². The monoisotopic (exact) mass is 309 g/mol. The molecule has 22 heavy (non-hydrogen) atoms. The minimum atomic E-state index is -0.417. The van der Waals surface area contributed by atoms with E-state index < -0.39 is 11.2 Å². The number of ether oxygens (including phenoxy) is 1. The maximum Gasteiger partial charge on any atom is 0.332 e. The average Bonchev–Trinajstić information content (AvgIpc) is 2.92. The molecule has 0 spiro atoms. The zero-order valence-corrected chi connectivity index (χ0v) is 12.7. The summed E-state index contributed by atoms with van der Waals surface area (Å²) in [7, 11) is 3.03. The molecule has 1 N–H and O–H groups in total. The third kappa shape index (κ3) is 2.13. The number of hydrogen-bond acceptors (Lipinski definition) is 6. The van der Waals surface area contributed by atoms with Crippen molar-refractivity contribution in [3.05, 3.63) is 20.8 Å². The Balaban J connectivity index is 2.31. The van der Waals surface area contributed by atoms with Gasteiger partial charge in [0.2, 0.25) is 5.95 Å². The Morgan fingerprint density at radius 2 is 1.86 bits per heavy atom. The normalized spacial score (nSPS) is 15.7. The number of nitrogens with zero attached hydrogens (tertiary/aromatic N) is 5. The summed E-state index contributed by atoms with van der Waals surface area (Å²) in [5, 5.41) is 9.34. The number of morpholine rings is 1. The Labute approximate surface area is 126 Å². The topological polar surface area (TPSA) is 94.5 Å². The molecule has 1 saturated heterocycles. The van der Waals surface area contributed by atoms with E-state index in [4.69, 9.17) is 4.74 Å². The second-order valence-corrected chi connectivity index (χ2v) is 5.26. The predicted molar refractivity (Wildman–Crippen MR) is 80.3 cm³/mol. The minimum Gasteiger partial charge on any atom is -0.395 e. The van der Waals surface area contributed by atoms with Crippen molar-refractivity contribution in [2.24, 2.45) is 14.1 Å². The van der Waals surface area contributed by atoms with Gasteiger partial charge in [-0.25, -0.2) is 4.79 Å². The SMILES string of the molecule is Cn1c(=O)c2c(nc(N3CCOCC3)n2CCO)n(C)c1=O. The van der Waals surface area contributed by atoms with Crippen LogP contribution in [0.25, 0.3) is 11.2 Å². The molecule has 1 aliphatic heterocycles. The van der Waals surface area contributed by atoms with Crippen molar-refractivity contribution in [3.63, 3.8) is 0 Å². The van der Waals surface area contributed by atoms with E-state index in [9.17, 15) is 14.7 Å². The van der Waals surface area contributed by atoms with Gasteiger partial charge >= 0.3 is 5.69 Å². The Morgan fingerprint density at radius 1 is 1.18 bits per heavy atom. The molecule has 0 radical (unpaired) electrons. The van der Waals surface area contributed by atoms with Gasteiger partial charge in [0, 0.05) is 33.7 Å². The van der Waals surface area contributed by atoms with Crippen molar-refractivity contribution in [2.75, 3.05) is 37.8 Å². The number of rotatable bonds is 3. The van der Waals surface area contributed by atoms with Crippen LogP contribution in [0.4, 0.5) is 5.95 Å². The van der Waals surface area contributed by atoms with E-state index in [0.717, 1.165) is 4.57 Å². The summed E-state index contributed by atoms with van der Waals surface area (Å²) in [6.45, 7) is 2.61. The van der Waals surface area contributed by atoms with E-state index in [-0.39, 0.29) is 13.2 Å². The standard InChI is InChI=1S/C13H19N5O4/c1-15-10-9(11(20)16(2)13(15)21)18(3-6-19)12(14-10)17-4-7-22-8-5-17/h19H,3-8H2,1-2H3. The Hall–Kier alpha value is -2.13. The van der Waals surface area contributed by atoms with E-state index in [0.29, 0.717) is 43.4 Å². The van der Waals surface area contributed by atoms with Gasteiger partial charge in [0.25, 0.3) is 5.56 Å². The lowest BCUT2D eigenvalue weighted by atomic mass is 10.4. The minimum absolute atomic E-state index is 0.116. The molecule has 0 saturated carbocycles. The van der Waals surface area contributed by atoms with Crippen LogP contribution < -0.4 is 16.1 Å². The first-order chi connectivity index (χ1) is 10.6. The van der Waals surface area contributed by atoms with E-state index in [1.807, 2.05) is 4.90 Å². The number of imidazole rings is 1. The summed E-state index contributed by atoms with van der Waals surface area (Å²) in [4.78, 5) is 31.0. The van der Waals surface area contributed by atoms with Crippen molar-refractivity contribution < 1.29 is 9.84 Å². The maximum absolute atomic E-state index is 12.5. The van der Waals surface area contributed by atoms with Crippen molar-refractivity contribution in [1.29, 1.82) is 0 Å². The second-order valence-electron chi connectivity index (χ2n) is 5.26. The van der Waals surface area contributed by atoms with Crippen LogP contribution in [0.15, 0.2) is 9.59 Å². The first-order valence-electron chi connectivity index (χ1n) is 7.16. The molecule has 3 rings (SSSR count). The van der Waals surface area contributed by atoms with Crippen LogP contribution in [-0.4, -0.2) is 56.7 Å². The lowest BCUT2D eigenvalue weighted by Crippen LogP contribution is -2.39. The van der Waals surface area contributed by atoms with Crippen LogP contribution >= 0.6 is 0 Å². The van der Waals surface area contributed by atoms with E-state index in [2.05, 4.69) is 4.98 Å². The number of hydrogen-bond donors (Lipinski definition) is 1. The number of anilines is 1. The molecule has 2 aromatic rings. The van der Waals surface area contributed by atoms with Gasteiger partial charge in [-0.2, -0.15) is 4.98 Å². The molecule has 0 bridgehead atoms. The summed E-state index contributed by atoms with van der Waals surface area (Å²) in [6.07, 6.45) is 0. The zero-order chi connectivity index (χ0) is 15.9. The molecule has 2 aromatic heterocycles. The first-order valence-corrected chi connectivity index (χ1v) is 7.16. The van der Waals surface area contributed by atoms with Gasteiger partial charge in [0.05, 0.1) is 19.8 Å². The first kappa shape index (κ1) is 14.8. The maximum atomic E-state index is 12.5. The fraction of sp³-hybridized carbons (Fsp3) is 0.615. The van der Waals surface area contributed by atoms with Crippen LogP contribution in [0, 0.1) is 0 Å². The van der Waals surface area contributed by atoms with Crippen molar-refractivity contribution in [2.45, 2.75) is 6.54 Å². The number of aromatic nitrogens is 4. The molecule has 0 aliphatic carbocycles. The lowest BCUT2D eigenvalue weighted by molar-refractivity contribution is 0.121. The van der Waals surface area contributed by atoms with Crippen LogP contribution in [0.1, 0.15) is 0 Å². The molecule has 120 valence electrons. The fourth-order valence-corrected chi connectivity index (χ4v) is 2.75. The van der Waals surface area contributed by atoms with Crippen LogP contribution in [0.3, 0.4) is 0 Å². The Kier molecular flexibility index (Phi) is 3.75. The average molecular weight is 309 g/mol. The highest BCUT2D eigenvalue weighted by molar-refractivity contribution is 5.74. The lowest BCUT2D eigenvalue weighted by Gasteiger charge is -2.28. The van der Waals surface area contributed by atoms with Crippen molar-refractivity contribution >= 4 is 17.1 Å². The predicted octanol–water partition coefficient (Wildman–Crippen LogP) is -1.74. The molecule has 0 amide bonds. The largest absolute Gasteiger partial charge is 0.395 e. The second kappa shape index (κ2) is 5.58. The summed E-state index contributed by atoms with van der Waals surface area (Å²) in [5.74, 6) is 0.589. The van der Waals surface area contributed by atoms with Gasteiger partial charge in [0.1, 0.15) is 0 Å². The highest BCUT2D eigenvalue weighted by atomic mass is 16.5. The smallest absolute Gasteiger partial charge is 0.332 e. The van der Waals surface area contributed by atoms with Gasteiger partial charge < -0.3 is 19.3 Å². The van der Waals surface area contributed by atoms with Gasteiger partial charge in [0.15, 0.2) is 11.2 Å². The zero-order valence-electron chi connectivity index (χ0n) is 12.7. The summed E-state index contributed by atoms with van der Waals surface area (Å²) >= 11 is 0. The summed E-state index contributed by atoms with van der Waals surface area (Å²) in [6, 6.07) is 0. The molecule has 9 nitrogen and oxygen atoms in total. The number of aliphatic hydroxyl groups excluding tert-OH is 1. The van der Waals surface area contributed by atoms with E-state index in [1.54, 1.807) is 11.6 Å². The molecule has 1 aliphatic rings. The molecule has 9 heteroatoms. The van der Waals surface area contributed by atoms with Crippen molar-refractivity contribution in [1.82, 2.24) is 18.7 Å². The third-order valence-corrected chi connectivity index (χ3v) is 3.95. The number of aliphatic hydroxyl groups is 1. The van der Waals surface area contributed by atoms with Gasteiger partial charge in [-0.15, -0.1) is 0 Å². The molecule has 1 fully saturated rings. The van der Waals surface area contributed by atoms with Crippen LogP contribution in [0.5, 0.6) is 0 Å². The fourth-order valence-electron chi connectivity index (χ4n) is 2.75. The molecule has 0 unspecified atom stereocenters. The highest BCUT2D eigenvalue weighted by Crippen LogP contribution is 2.20. The molecule has 0 aromatic carbocycles. The Bertz CT molecular complexity index is 812. The van der Waals surface area contributed by atoms with Crippen LogP contribution in [-0.2, 0) is 25.4 Å². The van der Waals surface area contributed by atoms with E-state index >= 15 is 0 Å². The van der Waals surface area contributed by atoms with Gasteiger partial charge in [-0.05, 0) is 0 Å². The quantitative estimate of drug-likeness (QED) is 0.723. The molecular weight excluding hydrogens is 290 g/mol. The van der Waals surface area contributed by atoms with Gasteiger partial charge in [-0.3, -0.25) is 13.9 Å². The summed E-state index contributed by atoms with van der Waals surface area (Å²) < 4.78 is 9.43. The van der Waals surface area contributed by atoms with Crippen LogP contribution in [0.2, 0.25) is 0 Å². The third-order valence-electron chi connectivity index (χ3n) is 3.95. The number of fused-ring (bicyclic) bond motifs is 1. The van der Waals surface area contributed by atoms with Crippen molar-refractivity contribution in [3.8, 4) is 0 Å². The molecule has 3 heterocycles. The molecular formula is C13H19N5O4. The number of aryl methyl sites for hydroxylation is 1. The molecule has 0 atom stereocenters. The Morgan fingerprint density at radius 3 is 2.50 bits per heavy atom. The highest BCUT2D eigenvalue weighted by Gasteiger charge is 2.23. The summed E-state index contributed by atoms with van der Waals surface area (Å²) in [5.41, 5.74) is -0.151.